The summed E-state index contributed by atoms with van der Waals surface area (Å²) in [7, 11) is 0. The second kappa shape index (κ2) is 8.49. The minimum absolute atomic E-state index is 0.220. The third kappa shape index (κ3) is 4.78. The first kappa shape index (κ1) is 16.4. The number of rotatable bonds is 7. The molecule has 0 spiro atoms. The number of aliphatic hydroxyl groups excluding tert-OH is 1. The molecule has 1 atom stereocenters. The molecule has 0 saturated carbocycles. The average molecular weight is 291 g/mol. The number of nitrogens with one attached hydrogen (secondary N) is 1. The number of aliphatic hydroxyl groups is 1. The summed E-state index contributed by atoms with van der Waals surface area (Å²) in [5.74, 6) is 0. The third-order valence-corrected chi connectivity index (χ3v) is 4.34. The molecule has 4 nitrogen and oxygen atoms in total. The van der Waals surface area contributed by atoms with Gasteiger partial charge in [0.2, 0.25) is 0 Å². The van der Waals surface area contributed by atoms with Crippen LogP contribution in [0.25, 0.3) is 0 Å². The molecule has 118 valence electrons. The molecule has 2 rings (SSSR count). The normalized spacial score (nSPS) is 18.1. The largest absolute Gasteiger partial charge is 0.395 e. The number of hydrogen-bond acceptors (Lipinski definition) is 4. The van der Waals surface area contributed by atoms with Crippen LogP contribution in [0.1, 0.15) is 24.1 Å². The molecule has 21 heavy (non-hydrogen) atoms. The molecule has 1 aromatic carbocycles. The zero-order valence-corrected chi connectivity index (χ0v) is 13.4. The van der Waals surface area contributed by atoms with Crippen LogP contribution in [-0.2, 0) is 0 Å². The fourth-order valence-electron chi connectivity index (χ4n) is 3.02. The SMILES string of the molecule is CCN(CCO)C(CN1CCNCC1)c1ccc(C)cc1. The van der Waals surface area contributed by atoms with Crippen molar-refractivity contribution in [3.8, 4) is 0 Å². The molecule has 1 aromatic rings. The van der Waals surface area contributed by atoms with Gasteiger partial charge in [0, 0.05) is 45.3 Å². The Bertz CT molecular complexity index is 401. The fraction of sp³-hybridized carbons (Fsp3) is 0.647. The highest BCUT2D eigenvalue weighted by molar-refractivity contribution is 5.24. The van der Waals surface area contributed by atoms with Crippen molar-refractivity contribution >= 4 is 0 Å². The van der Waals surface area contributed by atoms with Crippen LogP contribution in [0.3, 0.4) is 0 Å². The van der Waals surface area contributed by atoms with E-state index in [0.717, 1.165) is 45.8 Å². The summed E-state index contributed by atoms with van der Waals surface area (Å²) < 4.78 is 0. The molecule has 1 saturated heterocycles. The lowest BCUT2D eigenvalue weighted by Gasteiger charge is -2.36. The molecular formula is C17H29N3O. The number of piperazine rings is 1. The predicted molar refractivity (Wildman–Crippen MR) is 87.6 cm³/mol. The fourth-order valence-corrected chi connectivity index (χ4v) is 3.02. The Balaban J connectivity index is 2.13. The maximum atomic E-state index is 9.35. The van der Waals surface area contributed by atoms with Crippen molar-refractivity contribution in [2.24, 2.45) is 0 Å². The van der Waals surface area contributed by atoms with Crippen molar-refractivity contribution in [3.63, 3.8) is 0 Å². The van der Waals surface area contributed by atoms with E-state index in [2.05, 4.69) is 53.2 Å². The van der Waals surface area contributed by atoms with Gasteiger partial charge in [-0.3, -0.25) is 9.80 Å². The molecule has 0 aliphatic carbocycles. The van der Waals surface area contributed by atoms with E-state index in [1.54, 1.807) is 0 Å². The van der Waals surface area contributed by atoms with Crippen molar-refractivity contribution in [3.05, 3.63) is 35.4 Å². The second-order valence-electron chi connectivity index (χ2n) is 5.83. The van der Waals surface area contributed by atoms with Crippen molar-refractivity contribution in [1.29, 1.82) is 0 Å². The third-order valence-electron chi connectivity index (χ3n) is 4.34. The molecule has 4 heteroatoms. The zero-order valence-electron chi connectivity index (χ0n) is 13.4. The van der Waals surface area contributed by atoms with E-state index in [9.17, 15) is 5.11 Å². The van der Waals surface area contributed by atoms with Crippen LogP contribution < -0.4 is 5.32 Å². The van der Waals surface area contributed by atoms with Gasteiger partial charge in [-0.2, -0.15) is 0 Å². The molecule has 0 radical (unpaired) electrons. The number of aryl methyl sites for hydroxylation is 1. The Kier molecular flexibility index (Phi) is 6.64. The highest BCUT2D eigenvalue weighted by Crippen LogP contribution is 2.22. The van der Waals surface area contributed by atoms with Crippen molar-refractivity contribution < 1.29 is 5.11 Å². The Morgan fingerprint density at radius 2 is 1.90 bits per heavy atom. The predicted octanol–water partition coefficient (Wildman–Crippen LogP) is 1.26. The lowest BCUT2D eigenvalue weighted by Crippen LogP contribution is -2.47. The Morgan fingerprint density at radius 1 is 1.24 bits per heavy atom. The molecule has 0 amide bonds. The summed E-state index contributed by atoms with van der Waals surface area (Å²) >= 11 is 0. The van der Waals surface area contributed by atoms with Crippen LogP contribution in [0.15, 0.2) is 24.3 Å². The highest BCUT2D eigenvalue weighted by atomic mass is 16.3. The van der Waals surface area contributed by atoms with Gasteiger partial charge in [0.1, 0.15) is 0 Å². The topological polar surface area (TPSA) is 38.7 Å². The van der Waals surface area contributed by atoms with Gasteiger partial charge in [-0.25, -0.2) is 0 Å². The lowest BCUT2D eigenvalue weighted by molar-refractivity contribution is 0.113. The summed E-state index contributed by atoms with van der Waals surface area (Å²) in [4.78, 5) is 4.91. The van der Waals surface area contributed by atoms with Gasteiger partial charge in [-0.15, -0.1) is 0 Å². The number of nitrogens with zero attached hydrogens (tertiary/aromatic N) is 2. The zero-order chi connectivity index (χ0) is 15.1. The van der Waals surface area contributed by atoms with Gasteiger partial charge < -0.3 is 10.4 Å². The van der Waals surface area contributed by atoms with Crippen LogP contribution >= 0.6 is 0 Å². The minimum Gasteiger partial charge on any atom is -0.395 e. The number of hydrogen-bond donors (Lipinski definition) is 2. The molecule has 1 heterocycles. The van der Waals surface area contributed by atoms with Crippen molar-refractivity contribution in [2.45, 2.75) is 19.9 Å². The van der Waals surface area contributed by atoms with E-state index in [4.69, 9.17) is 0 Å². The Morgan fingerprint density at radius 3 is 2.48 bits per heavy atom. The Labute approximate surface area is 128 Å². The van der Waals surface area contributed by atoms with Crippen LogP contribution in [0.5, 0.6) is 0 Å². The Hall–Kier alpha value is -0.940. The average Bonchev–Trinajstić information content (AvgIpc) is 2.53. The molecule has 1 aliphatic rings. The first-order valence-electron chi connectivity index (χ1n) is 8.09. The second-order valence-corrected chi connectivity index (χ2v) is 5.83. The number of benzene rings is 1. The van der Waals surface area contributed by atoms with Gasteiger partial charge >= 0.3 is 0 Å². The van der Waals surface area contributed by atoms with E-state index in [1.165, 1.54) is 11.1 Å². The van der Waals surface area contributed by atoms with E-state index in [-0.39, 0.29) is 6.61 Å². The quantitative estimate of drug-likeness (QED) is 0.793. The molecule has 0 bridgehead atoms. The lowest BCUT2D eigenvalue weighted by atomic mass is 10.0. The van der Waals surface area contributed by atoms with Crippen LogP contribution in [0, 0.1) is 6.92 Å². The summed E-state index contributed by atoms with van der Waals surface area (Å²) in [5, 5.41) is 12.8. The first-order chi connectivity index (χ1) is 10.2. The smallest absolute Gasteiger partial charge is 0.0558 e. The number of likely N-dealkylation sites (N-methyl/N-ethyl adjacent to an activating group) is 1. The van der Waals surface area contributed by atoms with Crippen LogP contribution in [0.2, 0.25) is 0 Å². The summed E-state index contributed by atoms with van der Waals surface area (Å²) in [6.45, 7) is 11.6. The first-order valence-corrected chi connectivity index (χ1v) is 8.09. The highest BCUT2D eigenvalue weighted by Gasteiger charge is 2.22. The van der Waals surface area contributed by atoms with Crippen molar-refractivity contribution in [2.75, 3.05) is 52.4 Å². The monoisotopic (exact) mass is 291 g/mol. The summed E-state index contributed by atoms with van der Waals surface area (Å²) in [5.41, 5.74) is 2.65. The van der Waals surface area contributed by atoms with Gasteiger partial charge in [0.25, 0.3) is 0 Å². The standard InChI is InChI=1S/C17H29N3O/c1-3-20(12-13-21)17(14-19-10-8-18-9-11-19)16-6-4-15(2)5-7-16/h4-7,17-18,21H,3,8-14H2,1-2H3. The van der Waals surface area contributed by atoms with Crippen LogP contribution in [0.4, 0.5) is 0 Å². The van der Waals surface area contributed by atoms with Gasteiger partial charge in [0.05, 0.1) is 6.61 Å². The minimum atomic E-state index is 0.220. The molecular weight excluding hydrogens is 262 g/mol. The summed E-state index contributed by atoms with van der Waals surface area (Å²) in [6, 6.07) is 9.21. The molecule has 1 unspecified atom stereocenters. The molecule has 2 N–H and O–H groups in total. The van der Waals surface area contributed by atoms with E-state index in [0.29, 0.717) is 6.04 Å². The molecule has 1 aliphatic heterocycles. The molecule has 1 fully saturated rings. The maximum Gasteiger partial charge on any atom is 0.0558 e. The van der Waals surface area contributed by atoms with E-state index in [1.807, 2.05) is 0 Å². The van der Waals surface area contributed by atoms with Gasteiger partial charge in [-0.05, 0) is 19.0 Å². The van der Waals surface area contributed by atoms with E-state index >= 15 is 0 Å². The van der Waals surface area contributed by atoms with Gasteiger partial charge in [-0.1, -0.05) is 36.8 Å². The van der Waals surface area contributed by atoms with Crippen LogP contribution in [-0.4, -0.2) is 67.3 Å². The van der Waals surface area contributed by atoms with Crippen molar-refractivity contribution in [1.82, 2.24) is 15.1 Å². The van der Waals surface area contributed by atoms with E-state index < -0.39 is 0 Å². The maximum absolute atomic E-state index is 9.35. The molecule has 0 aromatic heterocycles. The summed E-state index contributed by atoms with van der Waals surface area (Å²) in [6.07, 6.45) is 0. The van der Waals surface area contributed by atoms with Gasteiger partial charge in [0.15, 0.2) is 0 Å².